The molecule has 0 saturated heterocycles. The van der Waals surface area contributed by atoms with Gasteiger partial charge < -0.3 is 4.74 Å². The Kier molecular flexibility index (Phi) is 3.17. The normalized spacial score (nSPS) is 10.4. The predicted octanol–water partition coefficient (Wildman–Crippen LogP) is 3.27. The van der Waals surface area contributed by atoms with Gasteiger partial charge in [-0.3, -0.25) is 4.79 Å². The summed E-state index contributed by atoms with van der Waals surface area (Å²) in [5.74, 6) is 0.764. The van der Waals surface area contributed by atoms with Crippen molar-refractivity contribution >= 4 is 10.9 Å². The number of benzene rings is 2. The van der Waals surface area contributed by atoms with Crippen molar-refractivity contribution in [3.05, 3.63) is 71.0 Å². The third-order valence-electron chi connectivity index (χ3n) is 3.22. The second-order valence-electron chi connectivity index (χ2n) is 4.45. The molecule has 0 atom stereocenters. The summed E-state index contributed by atoms with van der Waals surface area (Å²) in [6.45, 7) is 0. The minimum atomic E-state index is -0.226. The lowest BCUT2D eigenvalue weighted by atomic mass is 10.1. The first-order valence-corrected chi connectivity index (χ1v) is 6.32. The average Bonchev–Trinajstić information content (AvgIpc) is 2.66. The fourth-order valence-electron chi connectivity index (χ4n) is 2.13. The number of hydrogen-bond acceptors (Lipinski definition) is 3. The number of nitrogens with zero attached hydrogens (tertiary/aromatic N) is 1. The van der Waals surface area contributed by atoms with Crippen LogP contribution in [0.4, 0.5) is 0 Å². The zero-order valence-electron chi connectivity index (χ0n) is 11.0. The van der Waals surface area contributed by atoms with Gasteiger partial charge in [-0.25, -0.2) is 4.98 Å². The van der Waals surface area contributed by atoms with Gasteiger partial charge in [-0.1, -0.05) is 36.4 Å². The molecule has 0 aliphatic rings. The van der Waals surface area contributed by atoms with Gasteiger partial charge in [0.15, 0.2) is 0 Å². The molecule has 0 aliphatic heterocycles. The zero-order valence-corrected chi connectivity index (χ0v) is 11.0. The first-order chi connectivity index (χ1) is 9.78. The number of ether oxygens (including phenoxy) is 1. The van der Waals surface area contributed by atoms with Crippen LogP contribution in [0.5, 0.6) is 5.75 Å². The maximum Gasteiger partial charge on any atom is 0.278 e. The number of para-hydroxylation sites is 1. The average molecular weight is 263 g/mol. The molecule has 0 unspecified atom stereocenters. The Morgan fingerprint density at radius 1 is 0.900 bits per heavy atom. The van der Waals surface area contributed by atoms with Gasteiger partial charge in [-0.15, -0.1) is 0 Å². The van der Waals surface area contributed by atoms with Crippen molar-refractivity contribution in [2.24, 2.45) is 0 Å². The molecule has 98 valence electrons. The van der Waals surface area contributed by atoms with Crippen LogP contribution in [0, 0.1) is 0 Å². The van der Waals surface area contributed by atoms with E-state index in [1.54, 1.807) is 7.11 Å². The summed E-state index contributed by atoms with van der Waals surface area (Å²) in [6, 6.07) is 18.7. The molecule has 0 amide bonds. The molecule has 0 aliphatic carbocycles. The molecule has 20 heavy (non-hydrogen) atoms. The fourth-order valence-corrected chi connectivity index (χ4v) is 2.13. The van der Waals surface area contributed by atoms with Gasteiger partial charge in [0.2, 0.25) is 0 Å². The molecule has 3 heteroatoms. The number of hydrogen-bond donors (Lipinski definition) is 0. The molecule has 0 fully saturated rings. The van der Waals surface area contributed by atoms with Crippen LogP contribution in [0.3, 0.4) is 0 Å². The summed E-state index contributed by atoms with van der Waals surface area (Å²) in [5, 5.41) is 0.948. The van der Waals surface area contributed by atoms with E-state index in [1.165, 1.54) is 0 Å². The summed E-state index contributed by atoms with van der Waals surface area (Å²) in [4.78, 5) is 16.4. The highest BCUT2D eigenvalue weighted by Crippen LogP contribution is 2.20. The molecule has 0 bridgehead atoms. The maximum absolute atomic E-state index is 12.2. The highest BCUT2D eigenvalue weighted by Gasteiger charge is 2.04. The molecule has 0 saturated carbocycles. The van der Waals surface area contributed by atoms with E-state index in [4.69, 9.17) is 4.74 Å². The summed E-state index contributed by atoms with van der Waals surface area (Å²) in [6.07, 6.45) is 0. The van der Waals surface area contributed by atoms with Crippen molar-refractivity contribution < 1.29 is 4.74 Å². The van der Waals surface area contributed by atoms with E-state index in [9.17, 15) is 4.79 Å². The Balaban J connectivity index is 2.20. The second-order valence-corrected chi connectivity index (χ2v) is 4.45. The third kappa shape index (κ3) is 2.26. The van der Waals surface area contributed by atoms with E-state index in [0.717, 1.165) is 16.7 Å². The summed E-state index contributed by atoms with van der Waals surface area (Å²) in [5.41, 5.74) is 1.90. The largest absolute Gasteiger partial charge is 0.497 e. The molecule has 3 aromatic rings. The first kappa shape index (κ1) is 12.4. The summed E-state index contributed by atoms with van der Waals surface area (Å²) >= 11 is 0. The van der Waals surface area contributed by atoms with Crippen molar-refractivity contribution in [1.82, 2.24) is 4.98 Å². The zero-order chi connectivity index (χ0) is 13.9. The van der Waals surface area contributed by atoms with Gasteiger partial charge in [-0.2, -0.15) is 0 Å². The fraction of sp³-hybridized carbons (Fsp3) is 0.0588. The molecule has 1 aromatic heterocycles. The van der Waals surface area contributed by atoms with Crippen LogP contribution in [0.15, 0.2) is 65.5 Å². The number of rotatable bonds is 2. The second kappa shape index (κ2) is 5.13. The molecule has 1 heterocycles. The van der Waals surface area contributed by atoms with Gasteiger partial charge in [0.25, 0.3) is 5.56 Å². The molecule has 0 radical (unpaired) electrons. The van der Waals surface area contributed by atoms with E-state index in [-0.39, 0.29) is 5.56 Å². The Bertz CT molecular complexity index is 810. The molecule has 2 aromatic carbocycles. The van der Waals surface area contributed by atoms with Crippen LogP contribution in [-0.4, -0.2) is 12.1 Å². The van der Waals surface area contributed by atoms with E-state index < -0.39 is 0 Å². The first-order valence-electron chi connectivity index (χ1n) is 6.32. The Labute approximate surface area is 116 Å². The lowest BCUT2D eigenvalue weighted by molar-refractivity contribution is 0.415. The molecule has 0 N–H and O–H groups in total. The number of aromatic nitrogens is 1. The quantitative estimate of drug-likeness (QED) is 0.712. The molecule has 0 spiro atoms. The van der Waals surface area contributed by atoms with Crippen molar-refractivity contribution in [3.63, 3.8) is 0 Å². The van der Waals surface area contributed by atoms with Gasteiger partial charge in [0.05, 0.1) is 12.6 Å². The molecular weight excluding hydrogens is 250 g/mol. The van der Waals surface area contributed by atoms with Crippen LogP contribution >= 0.6 is 0 Å². The highest BCUT2D eigenvalue weighted by molar-refractivity contribution is 5.79. The van der Waals surface area contributed by atoms with E-state index >= 15 is 0 Å². The monoisotopic (exact) mass is 263 g/mol. The van der Waals surface area contributed by atoms with Crippen LogP contribution in [-0.2, 0) is 0 Å². The van der Waals surface area contributed by atoms with Crippen molar-refractivity contribution in [1.29, 1.82) is 0 Å². The van der Waals surface area contributed by atoms with Gasteiger partial charge in [0.1, 0.15) is 5.75 Å². The van der Waals surface area contributed by atoms with Crippen molar-refractivity contribution in [2.45, 2.75) is 0 Å². The third-order valence-corrected chi connectivity index (χ3v) is 3.22. The van der Waals surface area contributed by atoms with Gasteiger partial charge in [-0.05, 0) is 29.8 Å². The van der Waals surface area contributed by atoms with Crippen LogP contribution in [0.1, 0.15) is 0 Å². The Morgan fingerprint density at radius 2 is 1.65 bits per heavy atom. The van der Waals surface area contributed by atoms with E-state index in [2.05, 4.69) is 4.98 Å². The SMILES string of the molecule is COc1ccc(-c2ccc3ccccc3nc2=O)cc1. The van der Waals surface area contributed by atoms with E-state index in [0.29, 0.717) is 11.1 Å². The lowest BCUT2D eigenvalue weighted by Gasteiger charge is -2.00. The standard InChI is InChI=1S/C17H13NO2/c1-20-14-9-6-12(7-10-14)15-11-8-13-4-2-3-5-16(13)18-17(15)19/h2-11H,1H3. The van der Waals surface area contributed by atoms with Crippen LogP contribution in [0.2, 0.25) is 0 Å². The summed E-state index contributed by atoms with van der Waals surface area (Å²) in [7, 11) is 1.62. The smallest absolute Gasteiger partial charge is 0.278 e. The van der Waals surface area contributed by atoms with Gasteiger partial charge in [0, 0.05) is 10.9 Å². The minimum Gasteiger partial charge on any atom is -0.497 e. The number of methoxy groups -OCH3 is 1. The van der Waals surface area contributed by atoms with Crippen molar-refractivity contribution in [3.8, 4) is 16.9 Å². The molecule has 3 nitrogen and oxygen atoms in total. The van der Waals surface area contributed by atoms with Crippen LogP contribution < -0.4 is 10.3 Å². The van der Waals surface area contributed by atoms with Gasteiger partial charge >= 0.3 is 0 Å². The van der Waals surface area contributed by atoms with Crippen LogP contribution in [0.25, 0.3) is 22.0 Å². The predicted molar refractivity (Wildman–Crippen MR) is 80.0 cm³/mol. The van der Waals surface area contributed by atoms with E-state index in [1.807, 2.05) is 60.7 Å². The molecular formula is C17H13NO2. The Morgan fingerprint density at radius 3 is 2.40 bits per heavy atom. The minimum absolute atomic E-state index is 0.226. The van der Waals surface area contributed by atoms with Crippen molar-refractivity contribution in [2.75, 3.05) is 7.11 Å². The molecule has 3 rings (SSSR count). The lowest BCUT2D eigenvalue weighted by Crippen LogP contribution is -2.04. The maximum atomic E-state index is 12.2. The number of fused-ring (bicyclic) bond motifs is 1. The topological polar surface area (TPSA) is 39.2 Å². The summed E-state index contributed by atoms with van der Waals surface area (Å²) < 4.78 is 5.12. The Hall–Kier alpha value is -2.68. The highest BCUT2D eigenvalue weighted by atomic mass is 16.5.